The molecule has 1 aromatic heterocycles. The summed E-state index contributed by atoms with van der Waals surface area (Å²) in [5, 5.41) is 5.28. The van der Waals surface area contributed by atoms with Crippen LogP contribution >= 0.6 is 23.4 Å². The van der Waals surface area contributed by atoms with E-state index in [0.29, 0.717) is 33.1 Å². The molecule has 16 heteroatoms. The minimum atomic E-state index is -4.99. The first-order valence-electron chi connectivity index (χ1n) is 12.4. The van der Waals surface area contributed by atoms with Gasteiger partial charge in [0.1, 0.15) is 11.6 Å². The van der Waals surface area contributed by atoms with Gasteiger partial charge in [0, 0.05) is 10.4 Å². The number of nitrogens with zero attached hydrogens (tertiary/aromatic N) is 3. The van der Waals surface area contributed by atoms with Crippen LogP contribution in [0.2, 0.25) is 5.02 Å². The van der Waals surface area contributed by atoms with E-state index in [9.17, 15) is 40.7 Å². The normalized spacial score (nSPS) is 16.3. The number of hydrogen-bond donors (Lipinski definition) is 1. The number of thioether (sulfide) groups is 1. The van der Waals surface area contributed by atoms with Gasteiger partial charge in [-0.15, -0.1) is 0 Å². The highest BCUT2D eigenvalue weighted by atomic mass is 35.5. The van der Waals surface area contributed by atoms with Crippen molar-refractivity contribution in [1.29, 1.82) is 0 Å². The minimum absolute atomic E-state index is 0.0574. The first-order valence-corrected chi connectivity index (χ1v) is 13.6. The first kappa shape index (κ1) is 32.2. The molecule has 2 aromatic carbocycles. The standard InChI is InChI=1S/C27H23ClF6N4O4S/c1-25(2,3)42-23(40)36-21(27(32,33)34)13-37-22(39)20(43-24(37)41)9-14-4-7-19-16(8-14)11-35-38(19)12-15-5-6-17(28)10-18(15)26(29,30)31/h4-11,21H,12-13H2,1-3H3,(H,36,40). The maximum absolute atomic E-state index is 13.6. The molecule has 3 amide bonds. The highest BCUT2D eigenvalue weighted by Gasteiger charge is 2.46. The molecule has 0 saturated carbocycles. The number of benzene rings is 2. The predicted octanol–water partition coefficient (Wildman–Crippen LogP) is 7.25. The van der Waals surface area contributed by atoms with Crippen molar-refractivity contribution in [1.82, 2.24) is 20.0 Å². The highest BCUT2D eigenvalue weighted by molar-refractivity contribution is 8.18. The SMILES string of the molecule is CC(C)(C)OC(=O)NC(CN1C(=O)SC(=Cc2ccc3c(cnn3Cc3ccc(Cl)cc3C(F)(F)F)c2)C1=O)C(F)(F)F. The minimum Gasteiger partial charge on any atom is -0.444 e. The Morgan fingerprint density at radius 3 is 2.42 bits per heavy atom. The van der Waals surface area contributed by atoms with Gasteiger partial charge >= 0.3 is 18.4 Å². The number of imide groups is 1. The van der Waals surface area contributed by atoms with E-state index in [-0.39, 0.29) is 22.0 Å². The van der Waals surface area contributed by atoms with Gasteiger partial charge in [0.25, 0.3) is 11.1 Å². The van der Waals surface area contributed by atoms with Gasteiger partial charge in [0.15, 0.2) is 0 Å². The lowest BCUT2D eigenvalue weighted by molar-refractivity contribution is -0.158. The summed E-state index contributed by atoms with van der Waals surface area (Å²) in [7, 11) is 0. The van der Waals surface area contributed by atoms with E-state index in [0.717, 1.165) is 6.07 Å². The molecule has 1 N–H and O–H groups in total. The van der Waals surface area contributed by atoms with Crippen LogP contribution in [0.4, 0.5) is 35.9 Å². The molecule has 4 rings (SSSR count). The number of hydrogen-bond acceptors (Lipinski definition) is 6. The monoisotopic (exact) mass is 648 g/mol. The van der Waals surface area contributed by atoms with Gasteiger partial charge < -0.3 is 10.1 Å². The Kier molecular flexibility index (Phi) is 8.80. The molecule has 0 aliphatic carbocycles. The lowest BCUT2D eigenvalue weighted by Crippen LogP contribution is -2.53. The lowest BCUT2D eigenvalue weighted by atomic mass is 10.1. The second kappa shape index (κ2) is 11.8. The topological polar surface area (TPSA) is 93.5 Å². The molecule has 8 nitrogen and oxygen atoms in total. The van der Waals surface area contributed by atoms with Crippen LogP contribution in [0, 0.1) is 0 Å². The summed E-state index contributed by atoms with van der Waals surface area (Å²) in [6.45, 7) is 3.00. The molecule has 43 heavy (non-hydrogen) atoms. The van der Waals surface area contributed by atoms with Crippen LogP contribution in [0.5, 0.6) is 0 Å². The molecular weight excluding hydrogens is 626 g/mol. The van der Waals surface area contributed by atoms with E-state index in [1.165, 1.54) is 55.9 Å². The predicted molar refractivity (Wildman–Crippen MR) is 147 cm³/mol. The number of amides is 3. The first-order chi connectivity index (χ1) is 19.8. The fourth-order valence-electron chi connectivity index (χ4n) is 4.11. The third-order valence-corrected chi connectivity index (χ3v) is 7.13. The summed E-state index contributed by atoms with van der Waals surface area (Å²) in [5.41, 5.74) is -1.18. The van der Waals surface area contributed by atoms with Gasteiger partial charge in [-0.05, 0) is 74.0 Å². The number of nitrogens with one attached hydrogen (secondary N) is 1. The van der Waals surface area contributed by atoms with E-state index < -0.39 is 53.3 Å². The molecule has 1 unspecified atom stereocenters. The number of carbonyl (C=O) groups is 3. The number of alkyl carbamates (subject to hydrolysis) is 1. The molecule has 2 heterocycles. The Labute approximate surface area is 250 Å². The Bertz CT molecular complexity index is 1610. The average molecular weight is 649 g/mol. The average Bonchev–Trinajstić information content (AvgIpc) is 3.37. The fourth-order valence-corrected chi connectivity index (χ4v) is 5.13. The molecule has 1 saturated heterocycles. The molecule has 0 bridgehead atoms. The molecule has 0 radical (unpaired) electrons. The molecule has 3 aromatic rings. The molecule has 1 aliphatic heterocycles. The van der Waals surface area contributed by atoms with Gasteiger partial charge in [0.05, 0.1) is 35.3 Å². The summed E-state index contributed by atoms with van der Waals surface area (Å²) in [6.07, 6.45) is -8.29. The number of rotatable bonds is 6. The van der Waals surface area contributed by atoms with Gasteiger partial charge in [-0.2, -0.15) is 31.4 Å². The largest absolute Gasteiger partial charge is 0.444 e. The number of fused-ring (bicyclic) bond motifs is 1. The third-order valence-electron chi connectivity index (χ3n) is 5.99. The summed E-state index contributed by atoms with van der Waals surface area (Å²) in [4.78, 5) is 37.5. The van der Waals surface area contributed by atoms with Crippen molar-refractivity contribution in [3.8, 4) is 0 Å². The van der Waals surface area contributed by atoms with Crippen molar-refractivity contribution in [3.05, 3.63) is 69.2 Å². The van der Waals surface area contributed by atoms with Crippen molar-refractivity contribution in [2.75, 3.05) is 6.54 Å². The zero-order valence-electron chi connectivity index (χ0n) is 22.6. The van der Waals surface area contributed by atoms with Crippen molar-refractivity contribution in [2.24, 2.45) is 0 Å². The zero-order valence-corrected chi connectivity index (χ0v) is 24.2. The summed E-state index contributed by atoms with van der Waals surface area (Å²) in [6, 6.07) is 5.48. The number of carbonyl (C=O) groups excluding carboxylic acids is 3. The van der Waals surface area contributed by atoms with Crippen molar-refractivity contribution < 1.29 is 45.5 Å². The quantitative estimate of drug-likeness (QED) is 0.224. The summed E-state index contributed by atoms with van der Waals surface area (Å²) >= 11 is 6.18. The maximum atomic E-state index is 13.6. The van der Waals surface area contributed by atoms with Crippen LogP contribution in [0.15, 0.2) is 47.5 Å². The Morgan fingerprint density at radius 2 is 1.79 bits per heavy atom. The highest BCUT2D eigenvalue weighted by Crippen LogP contribution is 2.36. The van der Waals surface area contributed by atoms with Crippen LogP contribution < -0.4 is 5.32 Å². The molecule has 1 aliphatic rings. The van der Waals surface area contributed by atoms with Crippen LogP contribution in [-0.4, -0.2) is 56.3 Å². The van der Waals surface area contributed by atoms with E-state index in [4.69, 9.17) is 16.3 Å². The molecule has 230 valence electrons. The second-order valence-electron chi connectivity index (χ2n) is 10.5. The molecule has 1 atom stereocenters. The number of halogens is 7. The Morgan fingerprint density at radius 1 is 1.09 bits per heavy atom. The molecule has 1 fully saturated rings. The van der Waals surface area contributed by atoms with E-state index >= 15 is 0 Å². The van der Waals surface area contributed by atoms with Gasteiger partial charge in [-0.3, -0.25) is 19.2 Å². The Hall–Kier alpha value is -3.72. The fraction of sp³-hybridized carbons (Fsp3) is 0.333. The number of ether oxygens (including phenoxy) is 1. The molecule has 0 spiro atoms. The number of alkyl halides is 6. The Balaban J connectivity index is 1.53. The van der Waals surface area contributed by atoms with Gasteiger partial charge in [-0.25, -0.2) is 4.79 Å². The van der Waals surface area contributed by atoms with Crippen LogP contribution in [0.25, 0.3) is 17.0 Å². The smallest absolute Gasteiger partial charge is 0.416 e. The summed E-state index contributed by atoms with van der Waals surface area (Å²) in [5.74, 6) is -0.992. The van der Waals surface area contributed by atoms with Crippen molar-refractivity contribution in [2.45, 2.75) is 51.3 Å². The van der Waals surface area contributed by atoms with Crippen LogP contribution in [0.1, 0.15) is 37.5 Å². The summed E-state index contributed by atoms with van der Waals surface area (Å²) < 4.78 is 87.7. The van der Waals surface area contributed by atoms with E-state index in [1.54, 1.807) is 17.4 Å². The van der Waals surface area contributed by atoms with Crippen LogP contribution in [0.3, 0.4) is 0 Å². The van der Waals surface area contributed by atoms with Crippen molar-refractivity contribution in [3.63, 3.8) is 0 Å². The third kappa shape index (κ3) is 7.82. The molecular formula is C27H23ClF6N4O4S. The zero-order chi connectivity index (χ0) is 31.9. The van der Waals surface area contributed by atoms with Crippen molar-refractivity contribution >= 4 is 57.6 Å². The van der Waals surface area contributed by atoms with E-state index in [2.05, 4.69) is 5.10 Å². The second-order valence-corrected chi connectivity index (χ2v) is 11.9. The van der Waals surface area contributed by atoms with Gasteiger partial charge in [-0.1, -0.05) is 23.7 Å². The lowest BCUT2D eigenvalue weighted by Gasteiger charge is -2.27. The van der Waals surface area contributed by atoms with Gasteiger partial charge in [0.2, 0.25) is 0 Å². The maximum Gasteiger partial charge on any atom is 0.416 e. The van der Waals surface area contributed by atoms with Crippen LogP contribution in [-0.2, 0) is 22.3 Å². The number of aromatic nitrogens is 2. The van der Waals surface area contributed by atoms with E-state index in [1.807, 2.05) is 0 Å².